The van der Waals surface area contributed by atoms with Crippen LogP contribution in [0.15, 0.2) is 82.8 Å². The first kappa shape index (κ1) is 33.2. The van der Waals surface area contributed by atoms with Crippen molar-refractivity contribution in [3.8, 4) is 11.1 Å². The third-order valence-electron chi connectivity index (χ3n) is 5.31. The number of alkyl carbamates (subject to hydrolysis) is 1. The molecule has 0 fully saturated rings. The maximum atomic E-state index is 12.8. The normalized spacial score (nSPS) is 12.0. The Balaban J connectivity index is 0.000000782. The molecule has 0 heterocycles. The van der Waals surface area contributed by atoms with E-state index in [1.165, 1.54) is 19.4 Å². The van der Waals surface area contributed by atoms with Crippen LogP contribution < -0.4 is 21.6 Å². The maximum absolute atomic E-state index is 12.8. The predicted molar refractivity (Wildman–Crippen MR) is 147 cm³/mol. The second-order valence-electron chi connectivity index (χ2n) is 8.33. The van der Waals surface area contributed by atoms with Crippen molar-refractivity contribution in [1.29, 1.82) is 0 Å². The van der Waals surface area contributed by atoms with Gasteiger partial charge in [0.1, 0.15) is 6.04 Å². The second-order valence-corrected chi connectivity index (χ2v) is 9.86. The molecule has 224 valence electrons. The number of carbonyl (C=O) groups is 3. The number of nitrogens with one attached hydrogen (secondary N) is 2. The molecular weight excluding hydrogens is 583 g/mol. The number of methoxy groups -OCH3 is 1. The highest BCUT2D eigenvalue weighted by Crippen LogP contribution is 2.28. The molecule has 0 saturated carbocycles. The summed E-state index contributed by atoms with van der Waals surface area (Å²) in [4.78, 5) is 33.3. The van der Waals surface area contributed by atoms with E-state index in [0.717, 1.165) is 11.1 Å². The highest BCUT2D eigenvalue weighted by molar-refractivity contribution is 7.89. The lowest BCUT2D eigenvalue weighted by Gasteiger charge is -2.19. The lowest BCUT2D eigenvalue weighted by molar-refractivity contribution is -0.192. The van der Waals surface area contributed by atoms with E-state index in [1.54, 1.807) is 48.5 Å². The number of rotatable bonds is 8. The Labute approximate surface area is 238 Å². The van der Waals surface area contributed by atoms with E-state index in [4.69, 9.17) is 20.9 Å². The highest BCUT2D eigenvalue weighted by Gasteiger charge is 2.38. The van der Waals surface area contributed by atoms with Crippen LogP contribution in [0.25, 0.3) is 11.1 Å². The van der Waals surface area contributed by atoms with Gasteiger partial charge in [-0.05, 0) is 34.9 Å². The molecule has 0 bridgehead atoms. The van der Waals surface area contributed by atoms with Gasteiger partial charge >= 0.3 is 18.2 Å². The number of carbonyl (C=O) groups excluding carboxylic acids is 2. The van der Waals surface area contributed by atoms with Crippen molar-refractivity contribution >= 4 is 39.9 Å². The number of alkyl halides is 3. The molecular formula is C26H26F3N5O7S. The number of imide groups is 1. The van der Waals surface area contributed by atoms with Crippen LogP contribution in [0, 0.1) is 0 Å². The topological polar surface area (TPSA) is 203 Å². The Bertz CT molecular complexity index is 1550. The van der Waals surface area contributed by atoms with E-state index in [2.05, 4.69) is 20.5 Å². The molecule has 0 radical (unpaired) electrons. The molecule has 3 rings (SSSR count). The smallest absolute Gasteiger partial charge is 0.475 e. The van der Waals surface area contributed by atoms with Crippen LogP contribution in [0.1, 0.15) is 11.1 Å². The number of halogens is 3. The van der Waals surface area contributed by atoms with Gasteiger partial charge in [0, 0.05) is 17.7 Å². The Morgan fingerprint density at radius 3 is 2.21 bits per heavy atom. The number of hydrogen-bond donors (Lipinski definition) is 5. The number of nitrogens with zero attached hydrogens (tertiary/aromatic N) is 1. The van der Waals surface area contributed by atoms with E-state index in [0.29, 0.717) is 16.8 Å². The average molecular weight is 610 g/mol. The Hall–Kier alpha value is -4.96. The number of nitrogens with two attached hydrogens (primary N) is 2. The number of ether oxygens (including phenoxy) is 1. The van der Waals surface area contributed by atoms with Gasteiger partial charge in [-0.15, -0.1) is 0 Å². The van der Waals surface area contributed by atoms with Gasteiger partial charge in [-0.3, -0.25) is 10.1 Å². The SMILES string of the molecule is COC(=O)NC(=O)[C@H](Cc1cccc(C=NN)c1)Nc1ccc(-c2ccccc2S(N)(=O)=O)cc1.O=C(O)C(F)(F)F. The number of primary sulfonamides is 1. The van der Waals surface area contributed by atoms with Crippen LogP contribution in [0.3, 0.4) is 0 Å². The number of hydrogen-bond acceptors (Lipinski definition) is 9. The third-order valence-corrected chi connectivity index (χ3v) is 6.28. The Morgan fingerprint density at radius 2 is 1.67 bits per heavy atom. The van der Waals surface area contributed by atoms with Crippen LogP contribution >= 0.6 is 0 Å². The van der Waals surface area contributed by atoms with Gasteiger partial charge in [0.25, 0.3) is 5.91 Å². The molecule has 16 heteroatoms. The standard InChI is InChI=1S/C24H25N5O5S.C2HF3O2/c1-34-24(31)29-23(30)21(14-16-5-4-6-17(13-16)15-27-25)28-19-11-9-18(10-12-19)20-7-2-3-8-22(20)35(26,32)33;3-2(4,5)1(6)7/h2-13,15,21,28H,14,25H2,1H3,(H2,26,32,33)(H,29,30,31);(H,6,7)/t21-;/m0./s1. The summed E-state index contributed by atoms with van der Waals surface area (Å²) < 4.78 is 60.1. The summed E-state index contributed by atoms with van der Waals surface area (Å²) in [5.74, 6) is 1.88. The first-order valence-corrected chi connectivity index (χ1v) is 13.2. The van der Waals surface area contributed by atoms with Crippen molar-refractivity contribution in [3.63, 3.8) is 0 Å². The monoisotopic (exact) mass is 609 g/mol. The van der Waals surface area contributed by atoms with Crippen LogP contribution in [0.5, 0.6) is 0 Å². The van der Waals surface area contributed by atoms with Gasteiger partial charge in [-0.25, -0.2) is 23.1 Å². The number of amides is 2. The Morgan fingerprint density at radius 1 is 1.05 bits per heavy atom. The first-order valence-electron chi connectivity index (χ1n) is 11.7. The summed E-state index contributed by atoms with van der Waals surface area (Å²) >= 11 is 0. The van der Waals surface area contributed by atoms with Gasteiger partial charge in [0.15, 0.2) is 0 Å². The van der Waals surface area contributed by atoms with Crippen molar-refractivity contribution in [1.82, 2.24) is 5.32 Å². The summed E-state index contributed by atoms with van der Waals surface area (Å²) in [6.45, 7) is 0. The van der Waals surface area contributed by atoms with Gasteiger partial charge in [-0.1, -0.05) is 54.6 Å². The minimum absolute atomic E-state index is 0.0111. The van der Waals surface area contributed by atoms with Gasteiger partial charge in [0.05, 0.1) is 18.2 Å². The van der Waals surface area contributed by atoms with Gasteiger partial charge < -0.3 is 21.0 Å². The largest absolute Gasteiger partial charge is 0.490 e. The summed E-state index contributed by atoms with van der Waals surface area (Å²) in [5.41, 5.74) is 3.23. The van der Waals surface area contributed by atoms with E-state index >= 15 is 0 Å². The fourth-order valence-corrected chi connectivity index (χ4v) is 4.23. The third kappa shape index (κ3) is 10.2. The molecule has 7 N–H and O–H groups in total. The molecule has 0 aliphatic rings. The minimum atomic E-state index is -5.08. The number of benzene rings is 3. The fraction of sp³-hybridized carbons (Fsp3) is 0.154. The lowest BCUT2D eigenvalue weighted by atomic mass is 10.0. The average Bonchev–Trinajstić information content (AvgIpc) is 2.93. The molecule has 0 aromatic heterocycles. The second kappa shape index (κ2) is 14.6. The fourth-order valence-electron chi connectivity index (χ4n) is 3.47. The van der Waals surface area contributed by atoms with E-state index in [9.17, 15) is 31.2 Å². The zero-order valence-electron chi connectivity index (χ0n) is 21.8. The summed E-state index contributed by atoms with van der Waals surface area (Å²) in [5, 5.41) is 21.3. The van der Waals surface area contributed by atoms with Crippen molar-refractivity contribution in [2.45, 2.75) is 23.5 Å². The number of carboxylic acids is 1. The molecule has 0 unspecified atom stereocenters. The molecule has 0 aliphatic heterocycles. The summed E-state index contributed by atoms with van der Waals surface area (Å²) in [6, 6.07) is 19.7. The molecule has 0 aliphatic carbocycles. The number of anilines is 1. The molecule has 3 aromatic rings. The first-order chi connectivity index (χ1) is 19.6. The number of hydrazone groups is 1. The molecule has 12 nitrogen and oxygen atoms in total. The zero-order chi connectivity index (χ0) is 31.5. The van der Waals surface area contributed by atoms with Crippen LogP contribution in [0.2, 0.25) is 0 Å². The van der Waals surface area contributed by atoms with Crippen LogP contribution in [-0.4, -0.2) is 57.0 Å². The minimum Gasteiger partial charge on any atom is -0.475 e. The quantitative estimate of drug-likeness (QED) is 0.145. The summed E-state index contributed by atoms with van der Waals surface area (Å²) in [7, 11) is -2.74. The summed E-state index contributed by atoms with van der Waals surface area (Å²) in [6.07, 6.45) is -4.23. The molecule has 42 heavy (non-hydrogen) atoms. The lowest BCUT2D eigenvalue weighted by Crippen LogP contribution is -2.43. The van der Waals surface area contributed by atoms with Gasteiger partial charge in [-0.2, -0.15) is 18.3 Å². The van der Waals surface area contributed by atoms with Crippen LogP contribution in [0.4, 0.5) is 23.7 Å². The molecule has 3 aromatic carbocycles. The number of sulfonamides is 1. The number of carboxylic acid groups (broad SMARTS) is 1. The highest BCUT2D eigenvalue weighted by atomic mass is 32.2. The van der Waals surface area contributed by atoms with Crippen LogP contribution in [-0.2, 0) is 30.8 Å². The van der Waals surface area contributed by atoms with Crippen molar-refractivity contribution in [2.24, 2.45) is 16.1 Å². The van der Waals surface area contributed by atoms with Crippen molar-refractivity contribution < 1.29 is 45.8 Å². The molecule has 2 amide bonds. The predicted octanol–water partition coefficient (Wildman–Crippen LogP) is 2.83. The molecule has 0 saturated heterocycles. The number of aliphatic carboxylic acids is 1. The molecule has 1 atom stereocenters. The molecule has 0 spiro atoms. The van der Waals surface area contributed by atoms with Gasteiger partial charge in [0.2, 0.25) is 10.0 Å². The van der Waals surface area contributed by atoms with Crippen molar-refractivity contribution in [3.05, 3.63) is 83.9 Å². The van der Waals surface area contributed by atoms with Crippen molar-refractivity contribution in [2.75, 3.05) is 12.4 Å². The van der Waals surface area contributed by atoms with E-state index < -0.39 is 40.2 Å². The van der Waals surface area contributed by atoms with E-state index in [1.807, 2.05) is 18.2 Å². The zero-order valence-corrected chi connectivity index (χ0v) is 22.6. The maximum Gasteiger partial charge on any atom is 0.490 e. The van der Waals surface area contributed by atoms with E-state index in [-0.39, 0.29) is 11.3 Å². The Kier molecular flexibility index (Phi) is 11.6.